The van der Waals surface area contributed by atoms with Gasteiger partial charge in [-0.05, 0) is 23.0 Å². The van der Waals surface area contributed by atoms with Gasteiger partial charge in [0.25, 0.3) is 5.91 Å². The van der Waals surface area contributed by atoms with Gasteiger partial charge in [-0.1, -0.05) is 50.2 Å². The van der Waals surface area contributed by atoms with Gasteiger partial charge in [-0.3, -0.25) is 9.89 Å². The van der Waals surface area contributed by atoms with Crippen LogP contribution >= 0.6 is 0 Å². The molecule has 2 heterocycles. The van der Waals surface area contributed by atoms with E-state index in [9.17, 15) is 14.8 Å². The van der Waals surface area contributed by atoms with Crippen molar-refractivity contribution in [3.63, 3.8) is 0 Å². The molecule has 0 saturated heterocycles. The summed E-state index contributed by atoms with van der Waals surface area (Å²) in [7, 11) is -1.52. The quantitative estimate of drug-likeness (QED) is 0.279. The van der Waals surface area contributed by atoms with Crippen LogP contribution in [0.25, 0.3) is 22.4 Å². The third kappa shape index (κ3) is 4.32. The third-order valence-corrected chi connectivity index (χ3v) is 5.13. The largest absolute Gasteiger partial charge is 0.488 e. The van der Waals surface area contributed by atoms with Gasteiger partial charge in [0.1, 0.15) is 17.0 Å². The van der Waals surface area contributed by atoms with Crippen molar-refractivity contribution in [2.24, 2.45) is 5.73 Å². The molecule has 32 heavy (non-hydrogen) atoms. The second kappa shape index (κ2) is 8.78. The second-order valence-corrected chi connectivity index (χ2v) is 7.79. The Balaban J connectivity index is 1.70. The van der Waals surface area contributed by atoms with Gasteiger partial charge in [0.15, 0.2) is 5.82 Å². The normalized spacial score (nSPS) is 11.2. The summed E-state index contributed by atoms with van der Waals surface area (Å²) < 4.78 is 0. The smallest absolute Gasteiger partial charge is 0.423 e. The first-order valence-corrected chi connectivity index (χ1v) is 10.2. The zero-order valence-corrected chi connectivity index (χ0v) is 17.7. The van der Waals surface area contributed by atoms with Gasteiger partial charge >= 0.3 is 7.12 Å². The van der Waals surface area contributed by atoms with Crippen molar-refractivity contribution in [3.05, 3.63) is 65.4 Å². The van der Waals surface area contributed by atoms with Crippen LogP contribution in [0, 0.1) is 0 Å². The van der Waals surface area contributed by atoms with E-state index in [1.807, 2.05) is 32.0 Å². The molecule has 0 atom stereocenters. The monoisotopic (exact) mass is 430 g/mol. The van der Waals surface area contributed by atoms with E-state index in [0.29, 0.717) is 45.8 Å². The molecule has 0 bridgehead atoms. The zero-order valence-electron chi connectivity index (χ0n) is 17.7. The van der Waals surface area contributed by atoms with E-state index in [4.69, 9.17) is 5.73 Å². The molecule has 9 nitrogen and oxygen atoms in total. The number of para-hydroxylation sites is 1. The molecule has 2 aromatic carbocycles. The van der Waals surface area contributed by atoms with Crippen LogP contribution in [0.4, 0.5) is 5.82 Å². The first kappa shape index (κ1) is 21.5. The molecule has 0 aliphatic heterocycles. The van der Waals surface area contributed by atoms with Crippen LogP contribution in [-0.2, 0) is 6.54 Å². The number of benzene rings is 2. The van der Waals surface area contributed by atoms with E-state index in [1.54, 1.807) is 30.3 Å². The number of carbonyl (C=O) groups is 1. The molecule has 10 heteroatoms. The summed E-state index contributed by atoms with van der Waals surface area (Å²) in [6.45, 7) is 4.51. The molecular formula is C22H23BN6O3. The standard InChI is InChI=1S/C22H23BN6O3/c1-12(2)17-10-18(25-11-13-5-3-6-14(9-13)23(31)32)27-22(26-17)20-15-7-4-8-16(21(24)30)19(15)28-29-20/h3-10,12,31-32H,11H2,1-2H3,(H2,24,30)(H,28,29)(H,25,26,27). The number of rotatable bonds is 7. The van der Waals surface area contributed by atoms with Gasteiger partial charge in [0.2, 0.25) is 0 Å². The third-order valence-electron chi connectivity index (χ3n) is 5.13. The number of primary amides is 1. The Hall–Kier alpha value is -3.76. The maximum atomic E-state index is 11.7. The van der Waals surface area contributed by atoms with Crippen LogP contribution in [0.1, 0.15) is 41.4 Å². The highest BCUT2D eigenvalue weighted by Gasteiger charge is 2.17. The molecule has 162 valence electrons. The fourth-order valence-corrected chi connectivity index (χ4v) is 3.43. The summed E-state index contributed by atoms with van der Waals surface area (Å²) in [6.07, 6.45) is 0. The SMILES string of the molecule is CC(C)c1cc(NCc2cccc(B(O)O)c2)nc(-c2[nH]nc3c(C(N)=O)cccc23)n1. The highest BCUT2D eigenvalue weighted by atomic mass is 16.4. The van der Waals surface area contributed by atoms with Crippen LogP contribution in [-0.4, -0.2) is 43.2 Å². The van der Waals surface area contributed by atoms with E-state index < -0.39 is 13.0 Å². The number of H-pyrrole nitrogens is 1. The Labute approximate surface area is 184 Å². The summed E-state index contributed by atoms with van der Waals surface area (Å²) in [5, 5.41) is 30.0. The number of nitrogens with zero attached hydrogens (tertiary/aromatic N) is 3. The number of anilines is 1. The maximum absolute atomic E-state index is 11.7. The van der Waals surface area contributed by atoms with Crippen molar-refractivity contribution in [3.8, 4) is 11.5 Å². The first-order valence-electron chi connectivity index (χ1n) is 10.2. The molecule has 0 aliphatic rings. The van der Waals surface area contributed by atoms with E-state index in [-0.39, 0.29) is 5.92 Å². The topological polar surface area (TPSA) is 150 Å². The molecular weight excluding hydrogens is 407 g/mol. The Bertz CT molecular complexity index is 1290. The van der Waals surface area contributed by atoms with Crippen LogP contribution in [0.5, 0.6) is 0 Å². The number of hydrogen-bond donors (Lipinski definition) is 5. The molecule has 0 fully saturated rings. The Morgan fingerprint density at radius 3 is 2.66 bits per heavy atom. The van der Waals surface area contributed by atoms with Gasteiger partial charge < -0.3 is 21.1 Å². The number of nitrogens with two attached hydrogens (primary N) is 1. The summed E-state index contributed by atoms with van der Waals surface area (Å²) in [4.78, 5) is 21.1. The lowest BCUT2D eigenvalue weighted by molar-refractivity contribution is 0.100. The second-order valence-electron chi connectivity index (χ2n) is 7.79. The molecule has 4 rings (SSSR count). The highest BCUT2D eigenvalue weighted by molar-refractivity contribution is 6.58. The van der Waals surface area contributed by atoms with Crippen molar-refractivity contribution in [2.45, 2.75) is 26.3 Å². The van der Waals surface area contributed by atoms with E-state index in [2.05, 4.69) is 25.5 Å². The number of aromatic amines is 1. The Kier molecular flexibility index (Phi) is 5.89. The molecule has 2 aromatic heterocycles. The van der Waals surface area contributed by atoms with E-state index in [1.165, 1.54) is 0 Å². The van der Waals surface area contributed by atoms with Crippen LogP contribution in [0.3, 0.4) is 0 Å². The Morgan fingerprint density at radius 1 is 1.16 bits per heavy atom. The van der Waals surface area contributed by atoms with Gasteiger partial charge in [-0.15, -0.1) is 0 Å². The van der Waals surface area contributed by atoms with Crippen LogP contribution in [0.2, 0.25) is 0 Å². The predicted molar refractivity (Wildman–Crippen MR) is 123 cm³/mol. The number of nitrogens with one attached hydrogen (secondary N) is 2. The van der Waals surface area contributed by atoms with Gasteiger partial charge in [0, 0.05) is 23.7 Å². The zero-order chi connectivity index (χ0) is 22.8. The minimum Gasteiger partial charge on any atom is -0.423 e. The molecule has 1 amide bonds. The van der Waals surface area contributed by atoms with Gasteiger partial charge in [-0.25, -0.2) is 9.97 Å². The summed E-state index contributed by atoms with van der Waals surface area (Å²) >= 11 is 0. The first-order chi connectivity index (χ1) is 15.3. The maximum Gasteiger partial charge on any atom is 0.488 e. The van der Waals surface area contributed by atoms with Crippen molar-refractivity contribution < 1.29 is 14.8 Å². The number of carbonyl (C=O) groups excluding carboxylic acids is 1. The predicted octanol–water partition coefficient (Wildman–Crippen LogP) is 1.53. The van der Waals surface area contributed by atoms with Crippen molar-refractivity contribution >= 4 is 35.2 Å². The molecule has 0 radical (unpaired) electrons. The van der Waals surface area contributed by atoms with Gasteiger partial charge in [-0.2, -0.15) is 5.10 Å². The fraction of sp³-hybridized carbons (Fsp3) is 0.182. The average molecular weight is 430 g/mol. The minimum atomic E-state index is -1.52. The highest BCUT2D eigenvalue weighted by Crippen LogP contribution is 2.28. The lowest BCUT2D eigenvalue weighted by Crippen LogP contribution is -2.30. The van der Waals surface area contributed by atoms with Crippen molar-refractivity contribution in [2.75, 3.05) is 5.32 Å². The van der Waals surface area contributed by atoms with Crippen LogP contribution in [0.15, 0.2) is 48.5 Å². The number of hydrogen-bond acceptors (Lipinski definition) is 7. The molecule has 0 spiro atoms. The fourth-order valence-electron chi connectivity index (χ4n) is 3.43. The number of aromatic nitrogens is 4. The molecule has 0 saturated carbocycles. The minimum absolute atomic E-state index is 0.153. The summed E-state index contributed by atoms with van der Waals surface area (Å²) in [5.41, 5.74) is 9.01. The Morgan fingerprint density at radius 2 is 1.94 bits per heavy atom. The van der Waals surface area contributed by atoms with E-state index in [0.717, 1.165) is 11.3 Å². The molecule has 0 unspecified atom stereocenters. The lowest BCUT2D eigenvalue weighted by Gasteiger charge is -2.12. The lowest BCUT2D eigenvalue weighted by atomic mass is 9.80. The van der Waals surface area contributed by atoms with Crippen LogP contribution < -0.4 is 16.5 Å². The molecule has 0 aliphatic carbocycles. The van der Waals surface area contributed by atoms with Crippen molar-refractivity contribution in [1.29, 1.82) is 0 Å². The van der Waals surface area contributed by atoms with E-state index >= 15 is 0 Å². The summed E-state index contributed by atoms with van der Waals surface area (Å²) in [5.74, 6) is 0.661. The number of amides is 1. The molecule has 6 N–H and O–H groups in total. The summed E-state index contributed by atoms with van der Waals surface area (Å²) in [6, 6.07) is 14.1. The van der Waals surface area contributed by atoms with Crippen molar-refractivity contribution in [1.82, 2.24) is 20.2 Å². The molecule has 4 aromatic rings. The van der Waals surface area contributed by atoms with Gasteiger partial charge in [0.05, 0.1) is 5.56 Å². The number of fused-ring (bicyclic) bond motifs is 1. The average Bonchev–Trinajstić information content (AvgIpc) is 3.21.